The Morgan fingerprint density at radius 2 is 1.86 bits per heavy atom. The number of hydrogen-bond donors (Lipinski definition) is 1. The summed E-state index contributed by atoms with van der Waals surface area (Å²) in [6, 6.07) is 9.82. The number of nitrogens with one attached hydrogen (secondary N) is 1. The molecule has 6 nitrogen and oxygen atoms in total. The van der Waals surface area contributed by atoms with E-state index in [2.05, 4.69) is 24.1 Å². The minimum absolute atomic E-state index is 0.142. The zero-order chi connectivity index (χ0) is 20.8. The molecule has 1 N–H and O–H groups in total. The number of carbonyl (C=O) groups excluding carboxylic acids is 2. The van der Waals surface area contributed by atoms with Crippen LogP contribution in [0.1, 0.15) is 41.1 Å². The van der Waals surface area contributed by atoms with Crippen LogP contribution in [0.25, 0.3) is 0 Å². The molecule has 1 aromatic carbocycles. The van der Waals surface area contributed by atoms with Gasteiger partial charge in [-0.1, -0.05) is 26.0 Å². The molecule has 1 saturated heterocycles. The Kier molecular flexibility index (Phi) is 6.80. The van der Waals surface area contributed by atoms with Crippen LogP contribution in [0.2, 0.25) is 0 Å². The van der Waals surface area contributed by atoms with E-state index in [1.807, 2.05) is 4.90 Å². The standard InChI is InChI=1S/C22H27FN4O2/c1-16(2)7-9-25-21(28)19-15-17(8-10-24-19)22(29)27-13-11-26(12-14-27)20-6-4-3-5-18(20)23/h3-6,8,10,15-16H,7,9,11-14H2,1-2H3,(H,25,28). The van der Waals surface area contributed by atoms with Crippen molar-refractivity contribution in [1.82, 2.24) is 15.2 Å². The molecule has 29 heavy (non-hydrogen) atoms. The normalized spacial score (nSPS) is 14.2. The number of anilines is 1. The molecule has 2 amide bonds. The summed E-state index contributed by atoms with van der Waals surface area (Å²) in [6.07, 6.45) is 2.37. The van der Waals surface area contributed by atoms with E-state index in [1.54, 1.807) is 29.2 Å². The molecule has 2 aromatic rings. The van der Waals surface area contributed by atoms with Crippen LogP contribution in [0.5, 0.6) is 0 Å². The fourth-order valence-electron chi connectivity index (χ4n) is 3.29. The third-order valence-corrected chi connectivity index (χ3v) is 5.01. The third kappa shape index (κ3) is 5.31. The lowest BCUT2D eigenvalue weighted by molar-refractivity contribution is 0.0746. The number of piperazine rings is 1. The van der Waals surface area contributed by atoms with Gasteiger partial charge in [0, 0.05) is 44.5 Å². The maximum Gasteiger partial charge on any atom is 0.269 e. The molecule has 154 valence electrons. The molecule has 7 heteroatoms. The quantitative estimate of drug-likeness (QED) is 0.813. The van der Waals surface area contributed by atoms with Gasteiger partial charge in [-0.15, -0.1) is 0 Å². The van der Waals surface area contributed by atoms with Crippen LogP contribution in [-0.2, 0) is 0 Å². The van der Waals surface area contributed by atoms with E-state index < -0.39 is 0 Å². The maximum atomic E-state index is 14.0. The van der Waals surface area contributed by atoms with Crippen LogP contribution >= 0.6 is 0 Å². The van der Waals surface area contributed by atoms with Crippen molar-refractivity contribution < 1.29 is 14.0 Å². The minimum atomic E-state index is -0.273. The Labute approximate surface area is 170 Å². The van der Waals surface area contributed by atoms with Gasteiger partial charge >= 0.3 is 0 Å². The van der Waals surface area contributed by atoms with Crippen molar-refractivity contribution in [2.75, 3.05) is 37.6 Å². The molecule has 0 saturated carbocycles. The summed E-state index contributed by atoms with van der Waals surface area (Å²) in [5.74, 6) is -0.171. The maximum absolute atomic E-state index is 14.0. The molecule has 0 atom stereocenters. The average molecular weight is 398 g/mol. The van der Waals surface area contributed by atoms with Gasteiger partial charge in [-0.05, 0) is 36.6 Å². The van der Waals surface area contributed by atoms with Crippen molar-refractivity contribution in [3.63, 3.8) is 0 Å². The number of amides is 2. The number of rotatable bonds is 6. The Hall–Kier alpha value is -2.96. The highest BCUT2D eigenvalue weighted by Gasteiger charge is 2.24. The summed E-state index contributed by atoms with van der Waals surface area (Å²) in [5, 5.41) is 2.84. The summed E-state index contributed by atoms with van der Waals surface area (Å²) in [6.45, 7) is 6.86. The number of carbonyl (C=O) groups is 2. The first-order valence-corrected chi connectivity index (χ1v) is 9.98. The molecular formula is C22H27FN4O2. The second kappa shape index (κ2) is 9.49. The Balaban J connectivity index is 1.60. The summed E-state index contributed by atoms with van der Waals surface area (Å²) in [7, 11) is 0. The van der Waals surface area contributed by atoms with E-state index in [4.69, 9.17) is 0 Å². The van der Waals surface area contributed by atoms with Gasteiger partial charge in [-0.25, -0.2) is 4.39 Å². The lowest BCUT2D eigenvalue weighted by atomic mass is 10.1. The van der Waals surface area contributed by atoms with E-state index in [1.165, 1.54) is 18.3 Å². The van der Waals surface area contributed by atoms with E-state index in [9.17, 15) is 14.0 Å². The van der Waals surface area contributed by atoms with E-state index in [0.29, 0.717) is 49.9 Å². The van der Waals surface area contributed by atoms with Crippen molar-refractivity contribution >= 4 is 17.5 Å². The minimum Gasteiger partial charge on any atom is -0.366 e. The van der Waals surface area contributed by atoms with Gasteiger partial charge in [0.1, 0.15) is 11.5 Å². The number of para-hydroxylation sites is 1. The number of benzene rings is 1. The zero-order valence-electron chi connectivity index (χ0n) is 16.9. The van der Waals surface area contributed by atoms with Crippen LogP contribution < -0.4 is 10.2 Å². The van der Waals surface area contributed by atoms with Crippen molar-refractivity contribution in [3.8, 4) is 0 Å². The van der Waals surface area contributed by atoms with Gasteiger partial charge in [0.25, 0.3) is 11.8 Å². The van der Waals surface area contributed by atoms with Crippen LogP contribution in [0, 0.1) is 11.7 Å². The average Bonchev–Trinajstić information content (AvgIpc) is 2.73. The van der Waals surface area contributed by atoms with Crippen LogP contribution in [0.4, 0.5) is 10.1 Å². The lowest BCUT2D eigenvalue weighted by Gasteiger charge is -2.36. The number of nitrogens with zero attached hydrogens (tertiary/aromatic N) is 3. The molecule has 1 aliphatic heterocycles. The summed E-state index contributed by atoms with van der Waals surface area (Å²) in [4.78, 5) is 32.9. The lowest BCUT2D eigenvalue weighted by Crippen LogP contribution is -2.49. The molecule has 0 radical (unpaired) electrons. The van der Waals surface area contributed by atoms with Crippen molar-refractivity contribution in [2.24, 2.45) is 5.92 Å². The second-order valence-corrected chi connectivity index (χ2v) is 7.60. The van der Waals surface area contributed by atoms with Gasteiger partial charge in [-0.2, -0.15) is 0 Å². The zero-order valence-corrected chi connectivity index (χ0v) is 16.9. The van der Waals surface area contributed by atoms with E-state index in [-0.39, 0.29) is 23.3 Å². The molecule has 0 aliphatic carbocycles. The fraction of sp³-hybridized carbons (Fsp3) is 0.409. The van der Waals surface area contributed by atoms with Crippen LogP contribution in [-0.4, -0.2) is 54.4 Å². The predicted molar refractivity (Wildman–Crippen MR) is 111 cm³/mol. The first-order valence-electron chi connectivity index (χ1n) is 9.98. The molecule has 2 heterocycles. The molecule has 1 fully saturated rings. The summed E-state index contributed by atoms with van der Waals surface area (Å²) < 4.78 is 14.0. The topological polar surface area (TPSA) is 65.5 Å². The highest BCUT2D eigenvalue weighted by atomic mass is 19.1. The first kappa shape index (κ1) is 20.8. The van der Waals surface area contributed by atoms with Crippen molar-refractivity contribution in [1.29, 1.82) is 0 Å². The Morgan fingerprint density at radius 1 is 1.14 bits per heavy atom. The Morgan fingerprint density at radius 3 is 2.55 bits per heavy atom. The highest BCUT2D eigenvalue weighted by Crippen LogP contribution is 2.20. The molecule has 0 bridgehead atoms. The largest absolute Gasteiger partial charge is 0.366 e. The van der Waals surface area contributed by atoms with Crippen molar-refractivity contribution in [2.45, 2.75) is 20.3 Å². The van der Waals surface area contributed by atoms with E-state index >= 15 is 0 Å². The van der Waals surface area contributed by atoms with Gasteiger partial charge in [0.15, 0.2) is 0 Å². The van der Waals surface area contributed by atoms with Gasteiger partial charge < -0.3 is 15.1 Å². The molecular weight excluding hydrogens is 371 g/mol. The SMILES string of the molecule is CC(C)CCNC(=O)c1cc(C(=O)N2CCN(c3ccccc3F)CC2)ccn1. The van der Waals surface area contributed by atoms with Gasteiger partial charge in [0.2, 0.25) is 0 Å². The Bertz CT molecular complexity index is 863. The molecule has 0 unspecified atom stereocenters. The number of halogens is 1. The second-order valence-electron chi connectivity index (χ2n) is 7.60. The fourth-order valence-corrected chi connectivity index (χ4v) is 3.29. The summed E-state index contributed by atoms with van der Waals surface area (Å²) in [5.41, 5.74) is 1.24. The van der Waals surface area contributed by atoms with Crippen LogP contribution in [0.15, 0.2) is 42.6 Å². The summed E-state index contributed by atoms with van der Waals surface area (Å²) >= 11 is 0. The molecule has 0 spiro atoms. The number of aromatic nitrogens is 1. The molecule has 1 aliphatic rings. The monoisotopic (exact) mass is 398 g/mol. The molecule has 3 rings (SSSR count). The third-order valence-electron chi connectivity index (χ3n) is 5.01. The van der Waals surface area contributed by atoms with E-state index in [0.717, 1.165) is 6.42 Å². The van der Waals surface area contributed by atoms with Crippen LogP contribution in [0.3, 0.4) is 0 Å². The van der Waals surface area contributed by atoms with Gasteiger partial charge in [-0.3, -0.25) is 14.6 Å². The number of hydrogen-bond acceptors (Lipinski definition) is 4. The predicted octanol–water partition coefficient (Wildman–Crippen LogP) is 2.96. The van der Waals surface area contributed by atoms with Gasteiger partial charge in [0.05, 0.1) is 5.69 Å². The smallest absolute Gasteiger partial charge is 0.269 e. The van der Waals surface area contributed by atoms with Crippen molar-refractivity contribution in [3.05, 3.63) is 59.7 Å². The highest BCUT2D eigenvalue weighted by molar-refractivity contribution is 5.98. The first-order chi connectivity index (χ1) is 14.0. The number of pyridine rings is 1. The molecule has 1 aromatic heterocycles.